The number of carbonyl (C=O) groups is 1. The summed E-state index contributed by atoms with van der Waals surface area (Å²) >= 11 is 0. The Morgan fingerprint density at radius 1 is 1.32 bits per heavy atom. The fourth-order valence-electron chi connectivity index (χ4n) is 1.78. The van der Waals surface area contributed by atoms with E-state index in [2.05, 4.69) is 25.5 Å². The Morgan fingerprint density at radius 2 is 2.21 bits per heavy atom. The van der Waals surface area contributed by atoms with Crippen molar-refractivity contribution in [2.24, 2.45) is 0 Å². The third-order valence-corrected chi connectivity index (χ3v) is 2.64. The summed E-state index contributed by atoms with van der Waals surface area (Å²) in [7, 11) is 0. The summed E-state index contributed by atoms with van der Waals surface area (Å²) in [5, 5.41) is 10.7. The van der Waals surface area contributed by atoms with Crippen molar-refractivity contribution in [1.29, 1.82) is 0 Å². The lowest BCUT2D eigenvalue weighted by Crippen LogP contribution is -2.14. The van der Waals surface area contributed by atoms with Gasteiger partial charge in [-0.2, -0.15) is 5.10 Å². The predicted molar refractivity (Wildman–Crippen MR) is 70.5 cm³/mol. The van der Waals surface area contributed by atoms with E-state index >= 15 is 0 Å². The molecule has 0 unspecified atom stereocenters. The highest BCUT2D eigenvalue weighted by Crippen LogP contribution is 2.21. The number of aromatic nitrogens is 4. The van der Waals surface area contributed by atoms with Crippen LogP contribution in [0.15, 0.2) is 36.7 Å². The van der Waals surface area contributed by atoms with Crippen molar-refractivity contribution in [3.63, 3.8) is 0 Å². The summed E-state index contributed by atoms with van der Waals surface area (Å²) in [4.78, 5) is 18.8. The number of nitrogens with zero attached hydrogens (tertiary/aromatic N) is 3. The van der Waals surface area contributed by atoms with Gasteiger partial charge < -0.3 is 10.7 Å². The molecule has 1 amide bonds. The maximum Gasteiger partial charge on any atom is 0.274 e. The van der Waals surface area contributed by atoms with Crippen molar-refractivity contribution in [1.82, 2.24) is 20.2 Å². The number of hydrogen-bond donors (Lipinski definition) is 3. The number of nitrogens with one attached hydrogen (secondary N) is 2. The smallest absolute Gasteiger partial charge is 0.274 e. The van der Waals surface area contributed by atoms with Gasteiger partial charge in [0.2, 0.25) is 5.95 Å². The molecule has 0 aliphatic heterocycles. The van der Waals surface area contributed by atoms with E-state index in [4.69, 9.17) is 5.73 Å². The molecule has 7 heteroatoms. The first-order chi connectivity index (χ1) is 9.24. The fraction of sp³-hybridized carbons (Fsp3) is 0. The van der Waals surface area contributed by atoms with Crippen LogP contribution in [-0.2, 0) is 0 Å². The molecule has 0 aliphatic rings. The van der Waals surface area contributed by atoms with Crippen LogP contribution in [0.25, 0.3) is 10.9 Å². The first kappa shape index (κ1) is 11.1. The first-order valence-electron chi connectivity index (χ1n) is 5.56. The number of carbonyl (C=O) groups excluding carboxylic acids is 1. The highest BCUT2D eigenvalue weighted by Gasteiger charge is 2.11. The number of hydrogen-bond acceptors (Lipinski definition) is 5. The van der Waals surface area contributed by atoms with Crippen molar-refractivity contribution in [2.45, 2.75) is 0 Å². The number of rotatable bonds is 2. The third-order valence-electron chi connectivity index (χ3n) is 2.64. The van der Waals surface area contributed by atoms with Gasteiger partial charge in [0.1, 0.15) is 5.69 Å². The standard InChI is InChI=1S/C12H10N6O/c13-8-3-1-2-7-6-9(16-10(7)8)11(19)17-12-14-4-5-15-18-12/h1-6,16H,13H2,(H,14,17,18,19). The van der Waals surface area contributed by atoms with Crippen LogP contribution < -0.4 is 11.1 Å². The molecule has 0 saturated heterocycles. The Balaban J connectivity index is 1.92. The van der Waals surface area contributed by atoms with Gasteiger partial charge in [0.25, 0.3) is 5.91 Å². The highest BCUT2D eigenvalue weighted by molar-refractivity contribution is 6.06. The van der Waals surface area contributed by atoms with Gasteiger partial charge in [0.05, 0.1) is 23.6 Å². The summed E-state index contributed by atoms with van der Waals surface area (Å²) in [5.41, 5.74) is 7.54. The lowest BCUT2D eigenvalue weighted by atomic mass is 10.2. The monoisotopic (exact) mass is 254 g/mol. The van der Waals surface area contributed by atoms with Crippen LogP contribution in [-0.4, -0.2) is 26.1 Å². The van der Waals surface area contributed by atoms with E-state index in [1.165, 1.54) is 12.4 Å². The number of anilines is 2. The van der Waals surface area contributed by atoms with E-state index in [1.54, 1.807) is 12.1 Å². The molecule has 4 N–H and O–H groups in total. The number of nitrogens with two attached hydrogens (primary N) is 1. The number of amides is 1. The molecule has 0 atom stereocenters. The molecular formula is C12H10N6O. The molecule has 2 aromatic heterocycles. The van der Waals surface area contributed by atoms with Gasteiger partial charge >= 0.3 is 0 Å². The summed E-state index contributed by atoms with van der Waals surface area (Å²) < 4.78 is 0. The summed E-state index contributed by atoms with van der Waals surface area (Å²) in [6, 6.07) is 7.19. The minimum absolute atomic E-state index is 0.152. The van der Waals surface area contributed by atoms with E-state index in [1.807, 2.05) is 12.1 Å². The second-order valence-electron chi connectivity index (χ2n) is 3.91. The zero-order valence-electron chi connectivity index (χ0n) is 9.79. The summed E-state index contributed by atoms with van der Waals surface area (Å²) in [5.74, 6) is -0.192. The normalized spacial score (nSPS) is 10.5. The van der Waals surface area contributed by atoms with Crippen LogP contribution >= 0.6 is 0 Å². The van der Waals surface area contributed by atoms with Gasteiger partial charge in [-0.05, 0) is 12.1 Å². The average molecular weight is 254 g/mol. The van der Waals surface area contributed by atoms with Crippen LogP contribution in [0, 0.1) is 0 Å². The van der Waals surface area contributed by atoms with E-state index in [0.717, 1.165) is 10.9 Å². The lowest BCUT2D eigenvalue weighted by molar-refractivity contribution is 0.102. The largest absolute Gasteiger partial charge is 0.397 e. The Hall–Kier alpha value is -2.96. The number of fused-ring (bicyclic) bond motifs is 1. The van der Waals surface area contributed by atoms with Gasteiger partial charge in [0.15, 0.2) is 0 Å². The molecule has 1 aromatic carbocycles. The number of aromatic amines is 1. The Bertz CT molecular complexity index is 736. The van der Waals surface area contributed by atoms with Gasteiger partial charge in [-0.25, -0.2) is 4.98 Å². The molecule has 0 saturated carbocycles. The lowest BCUT2D eigenvalue weighted by Gasteiger charge is -1.99. The topological polar surface area (TPSA) is 110 Å². The van der Waals surface area contributed by atoms with E-state index < -0.39 is 0 Å². The minimum atomic E-state index is -0.344. The van der Waals surface area contributed by atoms with Crippen LogP contribution in [0.5, 0.6) is 0 Å². The molecule has 0 spiro atoms. The maximum atomic E-state index is 12.0. The minimum Gasteiger partial charge on any atom is -0.397 e. The van der Waals surface area contributed by atoms with E-state index in [9.17, 15) is 4.79 Å². The van der Waals surface area contributed by atoms with Crippen molar-refractivity contribution >= 4 is 28.4 Å². The van der Waals surface area contributed by atoms with E-state index in [-0.39, 0.29) is 11.9 Å². The molecule has 0 fully saturated rings. The third kappa shape index (κ3) is 2.08. The Labute approximate surface area is 107 Å². The predicted octanol–water partition coefficient (Wildman–Crippen LogP) is 1.19. The number of H-pyrrole nitrogens is 1. The molecule has 3 rings (SSSR count). The van der Waals surface area contributed by atoms with Gasteiger partial charge in [0, 0.05) is 5.39 Å². The number of nitrogen functional groups attached to an aromatic ring is 1. The first-order valence-corrected chi connectivity index (χ1v) is 5.56. The quantitative estimate of drug-likeness (QED) is 0.595. The second-order valence-corrected chi connectivity index (χ2v) is 3.91. The van der Waals surface area contributed by atoms with Crippen molar-refractivity contribution < 1.29 is 4.79 Å². The number of benzene rings is 1. The molecule has 0 radical (unpaired) electrons. The Kier molecular flexibility index (Phi) is 2.57. The molecule has 94 valence electrons. The summed E-state index contributed by atoms with van der Waals surface area (Å²) in [6.07, 6.45) is 2.88. The Morgan fingerprint density at radius 3 is 2.95 bits per heavy atom. The molecule has 7 nitrogen and oxygen atoms in total. The molecule has 19 heavy (non-hydrogen) atoms. The van der Waals surface area contributed by atoms with Crippen molar-refractivity contribution in [2.75, 3.05) is 11.1 Å². The maximum absolute atomic E-state index is 12.0. The van der Waals surface area contributed by atoms with Gasteiger partial charge in [-0.1, -0.05) is 12.1 Å². The SMILES string of the molecule is Nc1cccc2cc(C(=O)Nc3nccnn3)[nH]c12. The molecule has 0 aliphatic carbocycles. The van der Waals surface area contributed by atoms with Crippen LogP contribution in [0.2, 0.25) is 0 Å². The van der Waals surface area contributed by atoms with Crippen LogP contribution in [0.3, 0.4) is 0 Å². The second kappa shape index (κ2) is 4.37. The molecule has 3 aromatic rings. The highest BCUT2D eigenvalue weighted by atomic mass is 16.2. The zero-order valence-corrected chi connectivity index (χ0v) is 9.79. The van der Waals surface area contributed by atoms with Gasteiger partial charge in [-0.15, -0.1) is 5.10 Å². The number of para-hydroxylation sites is 1. The zero-order chi connectivity index (χ0) is 13.2. The summed E-state index contributed by atoms with van der Waals surface area (Å²) in [6.45, 7) is 0. The van der Waals surface area contributed by atoms with Crippen LogP contribution in [0.1, 0.15) is 10.5 Å². The average Bonchev–Trinajstić information content (AvgIpc) is 2.85. The van der Waals surface area contributed by atoms with Crippen molar-refractivity contribution in [3.8, 4) is 0 Å². The van der Waals surface area contributed by atoms with Crippen LogP contribution in [0.4, 0.5) is 11.6 Å². The van der Waals surface area contributed by atoms with Gasteiger partial charge in [-0.3, -0.25) is 10.1 Å². The fourth-order valence-corrected chi connectivity index (χ4v) is 1.78. The molecular weight excluding hydrogens is 244 g/mol. The molecule has 2 heterocycles. The molecule has 0 bridgehead atoms. The van der Waals surface area contributed by atoms with E-state index in [0.29, 0.717) is 11.4 Å². The van der Waals surface area contributed by atoms with Crippen molar-refractivity contribution in [3.05, 3.63) is 42.4 Å².